The van der Waals surface area contributed by atoms with Crippen molar-refractivity contribution >= 4 is 5.97 Å². The third-order valence-corrected chi connectivity index (χ3v) is 7.73. The zero-order valence-corrected chi connectivity index (χ0v) is 22.3. The molecular formula is C34H36N2O2. The van der Waals surface area contributed by atoms with Crippen molar-refractivity contribution in [2.45, 2.75) is 32.0 Å². The van der Waals surface area contributed by atoms with Crippen molar-refractivity contribution < 1.29 is 9.53 Å². The molecule has 1 fully saturated rings. The van der Waals surface area contributed by atoms with E-state index in [1.807, 2.05) is 6.92 Å². The van der Waals surface area contributed by atoms with Gasteiger partial charge in [0.05, 0.1) is 12.1 Å². The molecule has 1 atom stereocenters. The van der Waals surface area contributed by atoms with Gasteiger partial charge in [-0.05, 0) is 41.7 Å². The standard InChI is InChI=1S/C34H36N2O2/c1-3-38-33(37)32-26-36(24-23-35(32)25-28-16-14-13-15-27(28)2)34(29-17-7-4-8-18-29,30-19-9-5-10-20-30)31-21-11-6-12-22-31/h4-22,32H,3,23-26H2,1-2H3. The molecule has 1 unspecified atom stereocenters. The van der Waals surface area contributed by atoms with E-state index in [9.17, 15) is 4.79 Å². The molecule has 4 aromatic carbocycles. The fourth-order valence-corrected chi connectivity index (χ4v) is 5.87. The van der Waals surface area contributed by atoms with Crippen molar-refractivity contribution in [2.75, 3.05) is 26.2 Å². The van der Waals surface area contributed by atoms with E-state index in [-0.39, 0.29) is 12.0 Å². The van der Waals surface area contributed by atoms with Crippen molar-refractivity contribution in [3.63, 3.8) is 0 Å². The molecule has 1 aliphatic rings. The molecule has 0 aliphatic carbocycles. The second-order valence-corrected chi connectivity index (χ2v) is 9.92. The lowest BCUT2D eigenvalue weighted by molar-refractivity contribution is -0.153. The molecule has 4 nitrogen and oxygen atoms in total. The van der Waals surface area contributed by atoms with E-state index in [0.717, 1.165) is 19.6 Å². The van der Waals surface area contributed by atoms with E-state index in [4.69, 9.17) is 4.74 Å². The van der Waals surface area contributed by atoms with Crippen LogP contribution in [0.5, 0.6) is 0 Å². The fraction of sp³-hybridized carbons (Fsp3) is 0.265. The number of hydrogen-bond donors (Lipinski definition) is 0. The van der Waals surface area contributed by atoms with Crippen LogP contribution in [0.3, 0.4) is 0 Å². The van der Waals surface area contributed by atoms with E-state index < -0.39 is 5.54 Å². The molecular weight excluding hydrogens is 468 g/mol. The molecule has 0 spiro atoms. The number of rotatable bonds is 8. The van der Waals surface area contributed by atoms with Crippen molar-refractivity contribution in [3.8, 4) is 0 Å². The summed E-state index contributed by atoms with van der Waals surface area (Å²) in [5, 5.41) is 0. The first-order valence-corrected chi connectivity index (χ1v) is 13.5. The monoisotopic (exact) mass is 504 g/mol. The molecule has 1 saturated heterocycles. The minimum atomic E-state index is -0.552. The highest BCUT2D eigenvalue weighted by molar-refractivity contribution is 5.76. The maximum Gasteiger partial charge on any atom is 0.324 e. The summed E-state index contributed by atoms with van der Waals surface area (Å²) in [5.41, 5.74) is 5.50. The SMILES string of the molecule is CCOC(=O)C1CN(C(c2ccccc2)(c2ccccc2)c2ccccc2)CCN1Cc1ccccc1C. The molecule has 1 heterocycles. The Morgan fingerprint density at radius 1 is 0.763 bits per heavy atom. The molecule has 0 aromatic heterocycles. The van der Waals surface area contributed by atoms with Gasteiger partial charge in [-0.2, -0.15) is 0 Å². The molecule has 0 N–H and O–H groups in total. The van der Waals surface area contributed by atoms with Gasteiger partial charge < -0.3 is 4.74 Å². The van der Waals surface area contributed by atoms with Crippen LogP contribution < -0.4 is 0 Å². The molecule has 38 heavy (non-hydrogen) atoms. The number of carbonyl (C=O) groups is 1. The normalized spacial score (nSPS) is 16.7. The van der Waals surface area contributed by atoms with Gasteiger partial charge in [-0.1, -0.05) is 115 Å². The maximum absolute atomic E-state index is 13.5. The highest BCUT2D eigenvalue weighted by atomic mass is 16.5. The highest BCUT2D eigenvalue weighted by Gasteiger charge is 2.46. The van der Waals surface area contributed by atoms with Gasteiger partial charge in [0.15, 0.2) is 0 Å². The second kappa shape index (κ2) is 11.8. The number of nitrogens with zero attached hydrogens (tertiary/aromatic N) is 2. The van der Waals surface area contributed by atoms with E-state index in [0.29, 0.717) is 13.2 Å². The van der Waals surface area contributed by atoms with Gasteiger partial charge in [0.1, 0.15) is 6.04 Å². The highest BCUT2D eigenvalue weighted by Crippen LogP contribution is 2.43. The average molecular weight is 505 g/mol. The van der Waals surface area contributed by atoms with E-state index in [1.165, 1.54) is 27.8 Å². The largest absolute Gasteiger partial charge is 0.465 e. The van der Waals surface area contributed by atoms with Gasteiger partial charge in [0.25, 0.3) is 0 Å². The van der Waals surface area contributed by atoms with Crippen molar-refractivity contribution in [1.82, 2.24) is 9.80 Å². The van der Waals surface area contributed by atoms with E-state index >= 15 is 0 Å². The molecule has 0 amide bonds. The number of aryl methyl sites for hydroxylation is 1. The summed E-state index contributed by atoms with van der Waals surface area (Å²) in [6.07, 6.45) is 0. The van der Waals surface area contributed by atoms with Gasteiger partial charge in [-0.15, -0.1) is 0 Å². The Bertz CT molecular complexity index is 1230. The molecule has 0 saturated carbocycles. The Morgan fingerprint density at radius 3 is 1.76 bits per heavy atom. The van der Waals surface area contributed by atoms with Gasteiger partial charge in [0, 0.05) is 26.2 Å². The summed E-state index contributed by atoms with van der Waals surface area (Å²) >= 11 is 0. The van der Waals surface area contributed by atoms with Gasteiger partial charge in [0.2, 0.25) is 0 Å². The molecule has 194 valence electrons. The molecule has 4 aromatic rings. The summed E-state index contributed by atoms with van der Waals surface area (Å²) in [4.78, 5) is 18.3. The Labute approximate surface area is 226 Å². The fourth-order valence-electron chi connectivity index (χ4n) is 5.87. The Kier molecular flexibility index (Phi) is 8.02. The Balaban J connectivity index is 1.62. The van der Waals surface area contributed by atoms with Crippen LogP contribution in [0, 0.1) is 6.92 Å². The van der Waals surface area contributed by atoms with Crippen LogP contribution >= 0.6 is 0 Å². The number of benzene rings is 4. The van der Waals surface area contributed by atoms with Crippen LogP contribution in [0.25, 0.3) is 0 Å². The van der Waals surface area contributed by atoms with Gasteiger partial charge >= 0.3 is 5.97 Å². The van der Waals surface area contributed by atoms with Crippen molar-refractivity contribution in [2.24, 2.45) is 0 Å². The second-order valence-electron chi connectivity index (χ2n) is 9.92. The lowest BCUT2D eigenvalue weighted by atomic mass is 9.75. The van der Waals surface area contributed by atoms with Crippen LogP contribution in [-0.2, 0) is 21.6 Å². The molecule has 0 radical (unpaired) electrons. The minimum Gasteiger partial charge on any atom is -0.465 e. The van der Waals surface area contributed by atoms with Crippen LogP contribution in [-0.4, -0.2) is 48.1 Å². The first-order chi connectivity index (χ1) is 18.6. The predicted octanol–water partition coefficient (Wildman–Crippen LogP) is 6.04. The average Bonchev–Trinajstić information content (AvgIpc) is 2.97. The number of piperazine rings is 1. The summed E-state index contributed by atoms with van der Waals surface area (Å²) in [7, 11) is 0. The van der Waals surface area contributed by atoms with E-state index in [1.54, 1.807) is 0 Å². The zero-order chi connectivity index (χ0) is 26.4. The first-order valence-electron chi connectivity index (χ1n) is 13.5. The molecule has 1 aliphatic heterocycles. The smallest absolute Gasteiger partial charge is 0.324 e. The summed E-state index contributed by atoms with van der Waals surface area (Å²) in [6.45, 7) is 7.23. The molecule has 5 rings (SSSR count). The van der Waals surface area contributed by atoms with Crippen molar-refractivity contribution in [3.05, 3.63) is 143 Å². The lowest BCUT2D eigenvalue weighted by Gasteiger charge is -2.51. The van der Waals surface area contributed by atoms with Crippen LogP contribution in [0.2, 0.25) is 0 Å². The number of carbonyl (C=O) groups excluding carboxylic acids is 1. The summed E-state index contributed by atoms with van der Waals surface area (Å²) in [6, 6.07) is 40.1. The summed E-state index contributed by atoms with van der Waals surface area (Å²) < 4.78 is 5.65. The number of esters is 1. The van der Waals surface area contributed by atoms with Crippen LogP contribution in [0.4, 0.5) is 0 Å². The topological polar surface area (TPSA) is 32.8 Å². The van der Waals surface area contributed by atoms with Gasteiger partial charge in [-0.25, -0.2) is 0 Å². The zero-order valence-electron chi connectivity index (χ0n) is 22.3. The van der Waals surface area contributed by atoms with E-state index in [2.05, 4.69) is 132 Å². The number of ether oxygens (including phenoxy) is 1. The Morgan fingerprint density at radius 2 is 1.26 bits per heavy atom. The first kappa shape index (κ1) is 25.9. The molecule has 0 bridgehead atoms. The Hall–Kier alpha value is -3.73. The molecule has 4 heteroatoms. The summed E-state index contributed by atoms with van der Waals surface area (Å²) in [5.74, 6) is -0.158. The third kappa shape index (κ3) is 5.02. The number of hydrogen-bond acceptors (Lipinski definition) is 4. The van der Waals surface area contributed by atoms with Crippen LogP contribution in [0.1, 0.15) is 34.7 Å². The maximum atomic E-state index is 13.5. The third-order valence-electron chi connectivity index (χ3n) is 7.73. The minimum absolute atomic E-state index is 0.158. The van der Waals surface area contributed by atoms with Crippen LogP contribution in [0.15, 0.2) is 115 Å². The lowest BCUT2D eigenvalue weighted by Crippen LogP contribution is -2.62. The van der Waals surface area contributed by atoms with Crippen molar-refractivity contribution in [1.29, 1.82) is 0 Å². The predicted molar refractivity (Wildman–Crippen MR) is 153 cm³/mol. The quantitative estimate of drug-likeness (QED) is 0.216. The van der Waals surface area contributed by atoms with Gasteiger partial charge in [-0.3, -0.25) is 14.6 Å².